The minimum Gasteiger partial charge on any atom is -0.323 e. The average molecular weight is 272 g/mol. The van der Waals surface area contributed by atoms with E-state index in [1.807, 2.05) is 6.92 Å². The first-order valence-corrected chi connectivity index (χ1v) is 6.55. The highest BCUT2D eigenvalue weighted by atomic mass is 16.2. The summed E-state index contributed by atoms with van der Waals surface area (Å²) in [7, 11) is 0. The van der Waals surface area contributed by atoms with Gasteiger partial charge < -0.3 is 10.6 Å². The summed E-state index contributed by atoms with van der Waals surface area (Å²) in [4.78, 5) is 20.3. The fourth-order valence-corrected chi connectivity index (χ4v) is 2.28. The molecule has 20 heavy (non-hydrogen) atoms. The van der Waals surface area contributed by atoms with Crippen molar-refractivity contribution in [1.29, 1.82) is 0 Å². The van der Waals surface area contributed by atoms with Crippen LogP contribution < -0.4 is 10.6 Å². The van der Waals surface area contributed by atoms with E-state index in [9.17, 15) is 4.79 Å². The molecular weight excluding hydrogens is 256 g/mol. The van der Waals surface area contributed by atoms with Crippen LogP contribution in [0.25, 0.3) is 5.82 Å². The molecular formula is C13H16N6O. The lowest BCUT2D eigenvalue weighted by atomic mass is 9.99. The van der Waals surface area contributed by atoms with E-state index in [4.69, 9.17) is 0 Å². The monoisotopic (exact) mass is 272 g/mol. The third-order valence-electron chi connectivity index (χ3n) is 3.53. The molecule has 1 aliphatic heterocycles. The molecule has 1 aliphatic rings. The number of aromatic nitrogens is 4. The van der Waals surface area contributed by atoms with Gasteiger partial charge in [0.15, 0.2) is 5.82 Å². The summed E-state index contributed by atoms with van der Waals surface area (Å²) in [5.74, 6) is 0.635. The van der Waals surface area contributed by atoms with Crippen LogP contribution in [0, 0.1) is 0 Å². The molecule has 1 amide bonds. The van der Waals surface area contributed by atoms with Gasteiger partial charge >= 0.3 is 0 Å². The highest BCUT2D eigenvalue weighted by Crippen LogP contribution is 2.20. The molecule has 2 N–H and O–H groups in total. The Hall–Kier alpha value is -2.28. The zero-order valence-corrected chi connectivity index (χ0v) is 11.2. The van der Waals surface area contributed by atoms with Gasteiger partial charge in [-0.2, -0.15) is 5.10 Å². The lowest BCUT2D eigenvalue weighted by Gasteiger charge is -2.22. The fourth-order valence-electron chi connectivity index (χ4n) is 2.28. The van der Waals surface area contributed by atoms with E-state index in [2.05, 4.69) is 25.7 Å². The van der Waals surface area contributed by atoms with Crippen molar-refractivity contribution >= 4 is 11.6 Å². The molecule has 2 aromatic rings. The van der Waals surface area contributed by atoms with Crippen molar-refractivity contribution in [2.24, 2.45) is 0 Å². The van der Waals surface area contributed by atoms with E-state index in [1.165, 1.54) is 6.33 Å². The molecule has 7 heteroatoms. The van der Waals surface area contributed by atoms with Gasteiger partial charge in [-0.05, 0) is 38.4 Å². The molecule has 1 saturated heterocycles. The van der Waals surface area contributed by atoms with Crippen LogP contribution >= 0.6 is 0 Å². The molecule has 104 valence electrons. The van der Waals surface area contributed by atoms with Gasteiger partial charge in [-0.15, -0.1) is 0 Å². The number of rotatable bonds is 3. The topological polar surface area (TPSA) is 84.7 Å². The lowest BCUT2D eigenvalue weighted by molar-refractivity contribution is -0.121. The molecule has 1 unspecified atom stereocenters. The van der Waals surface area contributed by atoms with E-state index >= 15 is 0 Å². The predicted octanol–water partition coefficient (Wildman–Crippen LogP) is 0.743. The van der Waals surface area contributed by atoms with Crippen LogP contribution in [0.15, 0.2) is 31.0 Å². The van der Waals surface area contributed by atoms with E-state index < -0.39 is 5.54 Å². The number of nitrogens with one attached hydrogen (secondary N) is 2. The Balaban J connectivity index is 1.71. The van der Waals surface area contributed by atoms with Gasteiger partial charge in [-0.25, -0.2) is 14.6 Å². The minimum absolute atomic E-state index is 0.0229. The van der Waals surface area contributed by atoms with Gasteiger partial charge in [0.1, 0.15) is 12.7 Å². The molecule has 0 bridgehead atoms. The SMILES string of the molecule is CC1(C(=O)Nc2ccc(-n3cncn3)nc2)CCCN1. The third kappa shape index (κ3) is 2.39. The Labute approximate surface area is 116 Å². The summed E-state index contributed by atoms with van der Waals surface area (Å²) in [5, 5.41) is 10.1. The number of anilines is 1. The van der Waals surface area contributed by atoms with Crippen LogP contribution in [0.2, 0.25) is 0 Å². The number of pyridine rings is 1. The molecule has 3 heterocycles. The number of hydrogen-bond donors (Lipinski definition) is 2. The Morgan fingerprint density at radius 2 is 2.40 bits per heavy atom. The van der Waals surface area contributed by atoms with Gasteiger partial charge in [0.2, 0.25) is 5.91 Å². The molecule has 0 spiro atoms. The highest BCUT2D eigenvalue weighted by Gasteiger charge is 2.35. The maximum atomic E-state index is 12.2. The fraction of sp³-hybridized carbons (Fsp3) is 0.385. The molecule has 0 saturated carbocycles. The van der Waals surface area contributed by atoms with Crippen LogP contribution in [0.3, 0.4) is 0 Å². The second-order valence-electron chi connectivity index (χ2n) is 5.06. The Morgan fingerprint density at radius 3 is 3.00 bits per heavy atom. The van der Waals surface area contributed by atoms with Crippen molar-refractivity contribution < 1.29 is 4.79 Å². The predicted molar refractivity (Wildman–Crippen MR) is 73.4 cm³/mol. The molecule has 1 fully saturated rings. The van der Waals surface area contributed by atoms with E-state index in [0.29, 0.717) is 11.5 Å². The van der Waals surface area contributed by atoms with Gasteiger partial charge in [0, 0.05) is 0 Å². The molecule has 0 radical (unpaired) electrons. The Bertz CT molecular complexity index is 586. The van der Waals surface area contributed by atoms with Crippen LogP contribution in [-0.2, 0) is 4.79 Å². The first-order chi connectivity index (χ1) is 9.67. The summed E-state index contributed by atoms with van der Waals surface area (Å²) in [6.07, 6.45) is 6.51. The molecule has 1 atom stereocenters. The first kappa shape index (κ1) is 12.7. The quantitative estimate of drug-likeness (QED) is 0.861. The van der Waals surface area contributed by atoms with Gasteiger partial charge in [0.05, 0.1) is 17.4 Å². The molecule has 3 rings (SSSR count). The smallest absolute Gasteiger partial charge is 0.244 e. The summed E-state index contributed by atoms with van der Waals surface area (Å²) in [6.45, 7) is 2.81. The number of hydrogen-bond acceptors (Lipinski definition) is 5. The zero-order chi connectivity index (χ0) is 14.0. The van der Waals surface area contributed by atoms with Crippen molar-refractivity contribution in [3.05, 3.63) is 31.0 Å². The lowest BCUT2D eigenvalue weighted by Crippen LogP contribution is -2.47. The number of carbonyl (C=O) groups is 1. The van der Waals surface area contributed by atoms with Crippen molar-refractivity contribution in [2.45, 2.75) is 25.3 Å². The second kappa shape index (κ2) is 5.01. The average Bonchev–Trinajstić information content (AvgIpc) is 3.11. The van der Waals surface area contributed by atoms with Crippen LogP contribution in [0.5, 0.6) is 0 Å². The molecule has 0 aliphatic carbocycles. The first-order valence-electron chi connectivity index (χ1n) is 6.55. The second-order valence-corrected chi connectivity index (χ2v) is 5.06. The van der Waals surface area contributed by atoms with Crippen LogP contribution in [0.1, 0.15) is 19.8 Å². The number of carbonyl (C=O) groups excluding carboxylic acids is 1. The van der Waals surface area contributed by atoms with Crippen molar-refractivity contribution in [3.8, 4) is 5.82 Å². The number of nitrogens with zero attached hydrogens (tertiary/aromatic N) is 4. The maximum absolute atomic E-state index is 12.2. The van der Waals surface area contributed by atoms with E-state index in [1.54, 1.807) is 29.3 Å². The Kier molecular flexibility index (Phi) is 3.19. The van der Waals surface area contributed by atoms with Gasteiger partial charge in [0.25, 0.3) is 0 Å². The highest BCUT2D eigenvalue weighted by molar-refractivity contribution is 5.97. The minimum atomic E-state index is -0.482. The van der Waals surface area contributed by atoms with Crippen molar-refractivity contribution in [3.63, 3.8) is 0 Å². The molecule has 2 aromatic heterocycles. The van der Waals surface area contributed by atoms with Crippen molar-refractivity contribution in [1.82, 2.24) is 25.1 Å². The number of amides is 1. The van der Waals surface area contributed by atoms with Crippen molar-refractivity contribution in [2.75, 3.05) is 11.9 Å². The third-order valence-corrected chi connectivity index (χ3v) is 3.53. The Morgan fingerprint density at radius 1 is 1.50 bits per heavy atom. The van der Waals surface area contributed by atoms with Crippen LogP contribution in [0.4, 0.5) is 5.69 Å². The standard InChI is InChI=1S/C13H16N6O/c1-13(5-2-6-16-13)12(20)18-10-3-4-11(15-7-10)19-9-14-8-17-19/h3-4,7-9,16H,2,5-6H2,1H3,(H,18,20). The summed E-state index contributed by atoms with van der Waals surface area (Å²) < 4.78 is 1.56. The van der Waals surface area contributed by atoms with Gasteiger partial charge in [-0.1, -0.05) is 0 Å². The molecule has 7 nitrogen and oxygen atoms in total. The zero-order valence-electron chi connectivity index (χ0n) is 11.2. The summed E-state index contributed by atoms with van der Waals surface area (Å²) >= 11 is 0. The normalized spacial score (nSPS) is 21.9. The summed E-state index contributed by atoms with van der Waals surface area (Å²) in [5.41, 5.74) is 0.193. The maximum Gasteiger partial charge on any atom is 0.244 e. The van der Waals surface area contributed by atoms with E-state index in [-0.39, 0.29) is 5.91 Å². The van der Waals surface area contributed by atoms with Crippen LogP contribution in [-0.4, -0.2) is 37.7 Å². The largest absolute Gasteiger partial charge is 0.323 e. The van der Waals surface area contributed by atoms with E-state index in [0.717, 1.165) is 19.4 Å². The summed E-state index contributed by atoms with van der Waals surface area (Å²) in [6, 6.07) is 3.59. The van der Waals surface area contributed by atoms with Gasteiger partial charge in [-0.3, -0.25) is 4.79 Å². The molecule has 0 aromatic carbocycles.